The van der Waals surface area contributed by atoms with Crippen LogP contribution in [0.3, 0.4) is 0 Å². The van der Waals surface area contributed by atoms with Crippen LogP contribution in [-0.4, -0.2) is 28.1 Å². The second-order valence-electron chi connectivity index (χ2n) is 6.94. The first-order chi connectivity index (χ1) is 12.4. The van der Waals surface area contributed by atoms with E-state index in [-0.39, 0.29) is 11.5 Å². The van der Waals surface area contributed by atoms with Gasteiger partial charge in [-0.3, -0.25) is 14.2 Å². The molecule has 3 rings (SSSR count). The smallest absolute Gasteiger partial charge is 0.260 e. The van der Waals surface area contributed by atoms with Gasteiger partial charge in [-0.05, 0) is 50.8 Å². The first-order valence-corrected chi connectivity index (χ1v) is 9.02. The molecule has 1 aliphatic rings. The maximum absolute atomic E-state index is 12.2. The van der Waals surface area contributed by atoms with Crippen molar-refractivity contribution in [3.05, 3.63) is 57.8 Å². The molecule has 1 aliphatic carbocycles. The third-order valence-electron chi connectivity index (χ3n) is 4.56. The second kappa shape index (κ2) is 7.72. The highest BCUT2D eigenvalue weighted by Crippen LogP contribution is 2.38. The molecule has 1 saturated carbocycles. The summed E-state index contributed by atoms with van der Waals surface area (Å²) in [4.78, 5) is 28.6. The van der Waals surface area contributed by atoms with Crippen molar-refractivity contribution in [2.45, 2.75) is 52.2 Å². The highest BCUT2D eigenvalue weighted by Gasteiger charge is 2.25. The molecule has 1 aromatic carbocycles. The molecule has 1 heterocycles. The van der Waals surface area contributed by atoms with Gasteiger partial charge in [0.15, 0.2) is 6.10 Å². The summed E-state index contributed by atoms with van der Waals surface area (Å²) in [5.41, 5.74) is 2.88. The number of ether oxygens (including phenoxy) is 1. The topological polar surface area (TPSA) is 73.2 Å². The Kier molecular flexibility index (Phi) is 5.40. The fraction of sp³-hybridized carbons (Fsp3) is 0.450. The van der Waals surface area contributed by atoms with E-state index in [2.05, 4.69) is 10.3 Å². The highest BCUT2D eigenvalue weighted by atomic mass is 16.5. The second-order valence-corrected chi connectivity index (χ2v) is 6.94. The third kappa shape index (κ3) is 4.50. The molecule has 6 heteroatoms. The fourth-order valence-electron chi connectivity index (χ4n) is 2.73. The maximum Gasteiger partial charge on any atom is 0.260 e. The van der Waals surface area contributed by atoms with Crippen molar-refractivity contribution in [1.29, 1.82) is 0 Å². The van der Waals surface area contributed by atoms with Gasteiger partial charge in [-0.25, -0.2) is 4.98 Å². The predicted molar refractivity (Wildman–Crippen MR) is 99.5 cm³/mol. The summed E-state index contributed by atoms with van der Waals surface area (Å²) in [6.07, 6.45) is 3.19. The molecule has 1 N–H and O–H groups in total. The molecule has 1 fully saturated rings. The third-order valence-corrected chi connectivity index (χ3v) is 4.56. The van der Waals surface area contributed by atoms with Gasteiger partial charge in [0.1, 0.15) is 5.75 Å². The van der Waals surface area contributed by atoms with Gasteiger partial charge in [0.05, 0.1) is 12.0 Å². The predicted octanol–water partition coefficient (Wildman–Crippen LogP) is 2.32. The van der Waals surface area contributed by atoms with Crippen LogP contribution in [-0.2, 0) is 11.3 Å². The zero-order chi connectivity index (χ0) is 18.7. The number of aromatic nitrogens is 2. The maximum atomic E-state index is 12.2. The van der Waals surface area contributed by atoms with Crippen molar-refractivity contribution < 1.29 is 9.53 Å². The van der Waals surface area contributed by atoms with Gasteiger partial charge in [0, 0.05) is 25.1 Å². The van der Waals surface area contributed by atoms with Crippen LogP contribution in [0.4, 0.5) is 0 Å². The van der Waals surface area contributed by atoms with Crippen molar-refractivity contribution >= 4 is 5.91 Å². The Morgan fingerprint density at radius 3 is 2.81 bits per heavy atom. The molecule has 26 heavy (non-hydrogen) atoms. The molecule has 1 unspecified atom stereocenters. The van der Waals surface area contributed by atoms with Gasteiger partial charge >= 0.3 is 0 Å². The summed E-state index contributed by atoms with van der Waals surface area (Å²) in [6, 6.07) is 7.50. The summed E-state index contributed by atoms with van der Waals surface area (Å²) < 4.78 is 7.29. The quantitative estimate of drug-likeness (QED) is 0.827. The largest absolute Gasteiger partial charge is 0.481 e. The first-order valence-electron chi connectivity index (χ1n) is 9.02. The van der Waals surface area contributed by atoms with Gasteiger partial charge in [-0.15, -0.1) is 0 Å². The van der Waals surface area contributed by atoms with Crippen LogP contribution in [0, 0.1) is 13.8 Å². The zero-order valence-electron chi connectivity index (χ0n) is 15.5. The number of amides is 1. The minimum Gasteiger partial charge on any atom is -0.481 e. The summed E-state index contributed by atoms with van der Waals surface area (Å²) in [5.74, 6) is 0.963. The molecule has 1 amide bonds. The van der Waals surface area contributed by atoms with Crippen LogP contribution in [0.2, 0.25) is 0 Å². The number of carbonyl (C=O) groups is 1. The SMILES string of the molecule is Cc1ccc(C)c(OC(C)C(=O)NCCn2cnc(C3CC3)cc2=O)c1. The average Bonchev–Trinajstić information content (AvgIpc) is 3.44. The summed E-state index contributed by atoms with van der Waals surface area (Å²) in [5, 5.41) is 2.81. The number of carbonyl (C=O) groups excluding carboxylic acids is 1. The number of nitrogens with one attached hydrogen (secondary N) is 1. The first kappa shape index (κ1) is 18.2. The van der Waals surface area contributed by atoms with Crippen molar-refractivity contribution in [1.82, 2.24) is 14.9 Å². The molecular formula is C20H25N3O3. The lowest BCUT2D eigenvalue weighted by molar-refractivity contribution is -0.127. The lowest BCUT2D eigenvalue weighted by atomic mass is 10.1. The number of benzene rings is 1. The monoisotopic (exact) mass is 355 g/mol. The number of nitrogens with zero attached hydrogens (tertiary/aromatic N) is 2. The van der Waals surface area contributed by atoms with E-state index in [4.69, 9.17) is 4.74 Å². The zero-order valence-corrected chi connectivity index (χ0v) is 15.5. The molecular weight excluding hydrogens is 330 g/mol. The van der Waals surface area contributed by atoms with Gasteiger partial charge < -0.3 is 10.1 Å². The van der Waals surface area contributed by atoms with Crippen molar-refractivity contribution in [2.24, 2.45) is 0 Å². The number of hydrogen-bond acceptors (Lipinski definition) is 4. The molecule has 6 nitrogen and oxygen atoms in total. The molecule has 138 valence electrons. The Morgan fingerprint density at radius 1 is 1.35 bits per heavy atom. The van der Waals surface area contributed by atoms with Gasteiger partial charge in [-0.2, -0.15) is 0 Å². The average molecular weight is 355 g/mol. The normalized spacial score (nSPS) is 14.7. The summed E-state index contributed by atoms with van der Waals surface area (Å²) >= 11 is 0. The number of hydrogen-bond donors (Lipinski definition) is 1. The van der Waals surface area contributed by atoms with E-state index in [0.717, 1.165) is 29.7 Å². The van der Waals surface area contributed by atoms with Gasteiger partial charge in [-0.1, -0.05) is 12.1 Å². The summed E-state index contributed by atoms with van der Waals surface area (Å²) in [6.45, 7) is 6.39. The minimum atomic E-state index is -0.609. The van der Waals surface area contributed by atoms with Crippen LogP contribution in [0.25, 0.3) is 0 Å². The van der Waals surface area contributed by atoms with Crippen LogP contribution in [0.15, 0.2) is 35.4 Å². The van der Waals surface area contributed by atoms with Crippen LogP contribution >= 0.6 is 0 Å². The Hall–Kier alpha value is -2.63. The number of aryl methyl sites for hydroxylation is 2. The molecule has 1 aromatic heterocycles. The van der Waals surface area contributed by atoms with Crippen molar-refractivity contribution in [3.63, 3.8) is 0 Å². The number of rotatable bonds is 7. The van der Waals surface area contributed by atoms with E-state index in [1.54, 1.807) is 19.3 Å². The van der Waals surface area contributed by atoms with E-state index in [0.29, 0.717) is 24.8 Å². The Labute approximate surface area is 153 Å². The Morgan fingerprint density at radius 2 is 2.12 bits per heavy atom. The fourth-order valence-corrected chi connectivity index (χ4v) is 2.73. The molecule has 2 aromatic rings. The Balaban J connectivity index is 1.50. The minimum absolute atomic E-state index is 0.0733. The standard InChI is InChI=1S/C20H25N3O3/c1-13-4-5-14(2)18(10-13)26-15(3)20(25)21-8-9-23-12-22-17(11-19(23)24)16-6-7-16/h4-5,10-12,15-16H,6-9H2,1-3H3,(H,21,25). The molecule has 1 atom stereocenters. The molecule has 0 radical (unpaired) electrons. The lowest BCUT2D eigenvalue weighted by Crippen LogP contribution is -2.39. The molecule has 0 saturated heterocycles. The van der Waals surface area contributed by atoms with E-state index in [9.17, 15) is 9.59 Å². The van der Waals surface area contributed by atoms with Crippen molar-refractivity contribution in [3.8, 4) is 5.75 Å². The van der Waals surface area contributed by atoms with E-state index in [1.165, 1.54) is 4.57 Å². The van der Waals surface area contributed by atoms with Crippen LogP contribution in [0.1, 0.15) is 42.5 Å². The van der Waals surface area contributed by atoms with E-state index >= 15 is 0 Å². The van der Waals surface area contributed by atoms with E-state index in [1.807, 2.05) is 32.0 Å². The van der Waals surface area contributed by atoms with Crippen molar-refractivity contribution in [2.75, 3.05) is 6.54 Å². The van der Waals surface area contributed by atoms with E-state index < -0.39 is 6.10 Å². The van der Waals surface area contributed by atoms with Gasteiger partial charge in [0.2, 0.25) is 0 Å². The summed E-state index contributed by atoms with van der Waals surface area (Å²) in [7, 11) is 0. The van der Waals surface area contributed by atoms with Crippen LogP contribution in [0.5, 0.6) is 5.75 Å². The molecule has 0 aliphatic heterocycles. The Bertz CT molecular complexity index is 856. The van der Waals surface area contributed by atoms with Crippen LogP contribution < -0.4 is 15.6 Å². The lowest BCUT2D eigenvalue weighted by Gasteiger charge is -2.17. The molecule has 0 spiro atoms. The molecule has 0 bridgehead atoms. The highest BCUT2D eigenvalue weighted by molar-refractivity contribution is 5.80. The van der Waals surface area contributed by atoms with Gasteiger partial charge in [0.25, 0.3) is 11.5 Å².